The standard InChI is InChI=1S/C21H41NO5/c1-4-5-6-7-8-9-10-11-12-13-14-24-20-19-18(26-21(2,3)27-19)17(25-20)16(22)15-23/h16-20,23H,4-15,22H2,1-3H3/t16-,17+,18-,19-,20-/m0/s1. The second-order valence-electron chi connectivity index (χ2n) is 8.43. The zero-order valence-corrected chi connectivity index (χ0v) is 17.5. The molecule has 6 heteroatoms. The van der Waals surface area contributed by atoms with Crippen molar-refractivity contribution < 1.29 is 24.1 Å². The molecule has 2 aliphatic heterocycles. The number of unbranched alkanes of at least 4 members (excludes halogenated alkanes) is 9. The van der Waals surface area contributed by atoms with Crippen LogP contribution in [-0.2, 0) is 18.9 Å². The molecule has 0 unspecified atom stereocenters. The first-order valence-corrected chi connectivity index (χ1v) is 11.0. The van der Waals surface area contributed by atoms with Gasteiger partial charge in [0.15, 0.2) is 12.1 Å². The van der Waals surface area contributed by atoms with Crippen molar-refractivity contribution in [3.63, 3.8) is 0 Å². The molecule has 0 aromatic heterocycles. The number of hydrogen-bond donors (Lipinski definition) is 2. The lowest BCUT2D eigenvalue weighted by Crippen LogP contribution is -2.45. The summed E-state index contributed by atoms with van der Waals surface area (Å²) < 4.78 is 23.7. The van der Waals surface area contributed by atoms with Gasteiger partial charge in [0.05, 0.1) is 12.6 Å². The molecule has 0 bridgehead atoms. The van der Waals surface area contributed by atoms with Gasteiger partial charge in [-0.1, -0.05) is 64.7 Å². The van der Waals surface area contributed by atoms with Crippen molar-refractivity contribution >= 4 is 0 Å². The van der Waals surface area contributed by atoms with Gasteiger partial charge in [0.1, 0.15) is 18.3 Å². The SMILES string of the molecule is CCCCCCCCCCCCO[C@H]1O[C@H]([C@@H](N)CO)[C@@H]2OC(C)(C)O[C@H]12. The number of rotatable bonds is 14. The second kappa shape index (κ2) is 11.7. The summed E-state index contributed by atoms with van der Waals surface area (Å²) in [4.78, 5) is 0. The summed E-state index contributed by atoms with van der Waals surface area (Å²) in [7, 11) is 0. The molecule has 0 saturated carbocycles. The van der Waals surface area contributed by atoms with Crippen LogP contribution in [0.15, 0.2) is 0 Å². The van der Waals surface area contributed by atoms with E-state index in [0.717, 1.165) is 6.42 Å². The van der Waals surface area contributed by atoms with E-state index in [-0.39, 0.29) is 18.8 Å². The van der Waals surface area contributed by atoms with Gasteiger partial charge in [-0.3, -0.25) is 0 Å². The van der Waals surface area contributed by atoms with Crippen molar-refractivity contribution in [2.75, 3.05) is 13.2 Å². The number of hydrogen-bond acceptors (Lipinski definition) is 6. The summed E-state index contributed by atoms with van der Waals surface area (Å²) in [6, 6.07) is -0.499. The Morgan fingerprint density at radius 1 is 0.926 bits per heavy atom. The molecule has 6 nitrogen and oxygen atoms in total. The highest BCUT2D eigenvalue weighted by molar-refractivity contribution is 4.98. The quantitative estimate of drug-likeness (QED) is 0.444. The maximum atomic E-state index is 9.37. The number of fused-ring (bicyclic) bond motifs is 1. The molecule has 2 saturated heterocycles. The third-order valence-electron chi connectivity index (χ3n) is 5.46. The highest BCUT2D eigenvalue weighted by Crippen LogP contribution is 2.39. The van der Waals surface area contributed by atoms with Crippen molar-refractivity contribution in [1.82, 2.24) is 0 Å². The number of nitrogens with two attached hydrogens (primary N) is 1. The highest BCUT2D eigenvalue weighted by Gasteiger charge is 2.57. The van der Waals surface area contributed by atoms with Gasteiger partial charge in [-0.05, 0) is 20.3 Å². The average molecular weight is 388 g/mol. The fourth-order valence-electron chi connectivity index (χ4n) is 3.96. The number of aliphatic hydroxyl groups is 1. The van der Waals surface area contributed by atoms with Crippen molar-refractivity contribution in [2.24, 2.45) is 5.73 Å². The zero-order chi connectivity index (χ0) is 19.7. The minimum atomic E-state index is -0.675. The van der Waals surface area contributed by atoms with Gasteiger partial charge in [0, 0.05) is 6.61 Å². The van der Waals surface area contributed by atoms with Crippen LogP contribution in [-0.4, -0.2) is 54.8 Å². The molecule has 160 valence electrons. The first kappa shape index (κ1) is 23.0. The Bertz CT molecular complexity index is 406. The van der Waals surface area contributed by atoms with E-state index in [9.17, 15) is 5.11 Å². The lowest BCUT2D eigenvalue weighted by Gasteiger charge is -2.26. The van der Waals surface area contributed by atoms with E-state index in [1.807, 2.05) is 13.8 Å². The molecule has 3 N–H and O–H groups in total. The molecule has 0 aromatic rings. The summed E-state index contributed by atoms with van der Waals surface area (Å²) in [6.07, 6.45) is 11.5. The summed E-state index contributed by atoms with van der Waals surface area (Å²) in [5.41, 5.74) is 5.98. The molecule has 2 rings (SSSR count). The molecule has 0 aliphatic carbocycles. The minimum absolute atomic E-state index is 0.150. The topological polar surface area (TPSA) is 83.2 Å². The number of aliphatic hydroxyl groups excluding tert-OH is 1. The van der Waals surface area contributed by atoms with Crippen LogP contribution in [0.1, 0.15) is 85.0 Å². The zero-order valence-electron chi connectivity index (χ0n) is 17.5. The molecule has 5 atom stereocenters. The molecule has 2 heterocycles. The van der Waals surface area contributed by atoms with Crippen molar-refractivity contribution in [1.29, 1.82) is 0 Å². The van der Waals surface area contributed by atoms with Crippen LogP contribution in [0.2, 0.25) is 0 Å². The third kappa shape index (κ3) is 7.26. The molecule has 2 aliphatic rings. The Kier molecular flexibility index (Phi) is 9.97. The number of ether oxygens (including phenoxy) is 4. The van der Waals surface area contributed by atoms with Crippen LogP contribution in [0.3, 0.4) is 0 Å². The van der Waals surface area contributed by atoms with E-state index in [4.69, 9.17) is 24.7 Å². The van der Waals surface area contributed by atoms with Gasteiger partial charge in [0.2, 0.25) is 0 Å². The van der Waals surface area contributed by atoms with Gasteiger partial charge < -0.3 is 29.8 Å². The van der Waals surface area contributed by atoms with E-state index in [1.54, 1.807) is 0 Å². The van der Waals surface area contributed by atoms with Crippen LogP contribution in [0, 0.1) is 0 Å². The van der Waals surface area contributed by atoms with E-state index in [0.29, 0.717) is 6.61 Å². The van der Waals surface area contributed by atoms with Gasteiger partial charge >= 0.3 is 0 Å². The van der Waals surface area contributed by atoms with Crippen LogP contribution in [0.5, 0.6) is 0 Å². The molecule has 0 amide bonds. The second-order valence-corrected chi connectivity index (χ2v) is 8.43. The van der Waals surface area contributed by atoms with Gasteiger partial charge in [-0.2, -0.15) is 0 Å². The molecule has 0 radical (unpaired) electrons. The lowest BCUT2D eigenvalue weighted by atomic mass is 10.1. The third-order valence-corrected chi connectivity index (χ3v) is 5.46. The first-order valence-electron chi connectivity index (χ1n) is 11.0. The predicted molar refractivity (Wildman–Crippen MR) is 105 cm³/mol. The Balaban J connectivity index is 1.59. The molecular formula is C21H41NO5. The lowest BCUT2D eigenvalue weighted by molar-refractivity contribution is -0.236. The largest absolute Gasteiger partial charge is 0.395 e. The van der Waals surface area contributed by atoms with E-state index >= 15 is 0 Å². The molecule has 0 aromatic carbocycles. The van der Waals surface area contributed by atoms with E-state index < -0.39 is 24.2 Å². The molecular weight excluding hydrogens is 346 g/mol. The van der Waals surface area contributed by atoms with E-state index in [1.165, 1.54) is 57.8 Å². The highest BCUT2D eigenvalue weighted by atomic mass is 16.8. The summed E-state index contributed by atoms with van der Waals surface area (Å²) in [5, 5.41) is 9.37. The van der Waals surface area contributed by atoms with Gasteiger partial charge in [-0.15, -0.1) is 0 Å². The maximum absolute atomic E-state index is 9.37. The summed E-state index contributed by atoms with van der Waals surface area (Å²) in [5.74, 6) is -0.675. The van der Waals surface area contributed by atoms with Crippen LogP contribution in [0.4, 0.5) is 0 Å². The molecule has 0 spiro atoms. The van der Waals surface area contributed by atoms with Crippen molar-refractivity contribution in [3.8, 4) is 0 Å². The normalized spacial score (nSPS) is 30.6. The predicted octanol–water partition coefficient (Wildman–Crippen LogP) is 3.49. The summed E-state index contributed by atoms with van der Waals surface area (Å²) in [6.45, 7) is 6.52. The Hall–Kier alpha value is -0.240. The molecule has 27 heavy (non-hydrogen) atoms. The Morgan fingerprint density at radius 2 is 1.48 bits per heavy atom. The fourth-order valence-corrected chi connectivity index (χ4v) is 3.96. The monoisotopic (exact) mass is 387 g/mol. The van der Waals surface area contributed by atoms with Crippen LogP contribution in [0.25, 0.3) is 0 Å². The molecule has 2 fully saturated rings. The fraction of sp³-hybridized carbons (Fsp3) is 1.00. The van der Waals surface area contributed by atoms with Crippen molar-refractivity contribution in [2.45, 2.75) is 121 Å². The van der Waals surface area contributed by atoms with Crippen LogP contribution >= 0.6 is 0 Å². The maximum Gasteiger partial charge on any atom is 0.187 e. The van der Waals surface area contributed by atoms with Gasteiger partial charge in [0.25, 0.3) is 0 Å². The smallest absolute Gasteiger partial charge is 0.187 e. The summed E-state index contributed by atoms with van der Waals surface area (Å²) >= 11 is 0. The Labute approximate surface area is 165 Å². The van der Waals surface area contributed by atoms with Crippen LogP contribution < -0.4 is 5.73 Å². The van der Waals surface area contributed by atoms with Crippen molar-refractivity contribution in [3.05, 3.63) is 0 Å². The Morgan fingerprint density at radius 3 is 2.07 bits per heavy atom. The average Bonchev–Trinajstić information content (AvgIpc) is 3.12. The van der Waals surface area contributed by atoms with Gasteiger partial charge in [-0.25, -0.2) is 0 Å². The minimum Gasteiger partial charge on any atom is -0.395 e. The first-order chi connectivity index (χ1) is 13.0. The van der Waals surface area contributed by atoms with E-state index in [2.05, 4.69) is 6.92 Å².